The first kappa shape index (κ1) is 13.0. The molecule has 1 heterocycles. The summed E-state index contributed by atoms with van der Waals surface area (Å²) >= 11 is 5.11. The molecule has 1 aromatic carbocycles. The Morgan fingerprint density at radius 3 is 2.83 bits per heavy atom. The Labute approximate surface area is 113 Å². The van der Waals surface area contributed by atoms with Crippen molar-refractivity contribution in [1.82, 2.24) is 4.90 Å². The molecule has 1 fully saturated rings. The molecule has 0 unspecified atom stereocenters. The number of ether oxygens (including phenoxy) is 1. The van der Waals surface area contributed by atoms with Gasteiger partial charge in [0.25, 0.3) is 5.17 Å². The highest BCUT2D eigenvalue weighted by Crippen LogP contribution is 2.19. The summed E-state index contributed by atoms with van der Waals surface area (Å²) < 4.78 is 5.35. The van der Waals surface area contributed by atoms with E-state index in [1.165, 1.54) is 5.56 Å². The van der Waals surface area contributed by atoms with Crippen molar-refractivity contribution in [2.45, 2.75) is 32.2 Å². The Kier molecular flexibility index (Phi) is 4.31. The van der Waals surface area contributed by atoms with Crippen molar-refractivity contribution >= 4 is 23.3 Å². The highest BCUT2D eigenvalue weighted by atomic mass is 32.1. The standard InChI is InChI=1S/C14H17NO2S/c1-2-6-13(16)15-12(10-17-14(15)18)9-11-7-4-3-5-8-11/h3-5,7-8,12H,2,6,9-10H2,1H3/t12-/m0/s1. The monoisotopic (exact) mass is 263 g/mol. The third-order valence-electron chi connectivity index (χ3n) is 3.01. The van der Waals surface area contributed by atoms with Crippen LogP contribution >= 0.6 is 12.2 Å². The average molecular weight is 263 g/mol. The number of rotatable bonds is 4. The van der Waals surface area contributed by atoms with E-state index >= 15 is 0 Å². The molecule has 18 heavy (non-hydrogen) atoms. The maximum Gasteiger partial charge on any atom is 0.266 e. The third-order valence-corrected chi connectivity index (χ3v) is 3.32. The highest BCUT2D eigenvalue weighted by molar-refractivity contribution is 7.80. The second kappa shape index (κ2) is 5.96. The first-order valence-electron chi connectivity index (χ1n) is 6.25. The lowest BCUT2D eigenvalue weighted by atomic mass is 10.1. The lowest BCUT2D eigenvalue weighted by molar-refractivity contribution is -0.128. The van der Waals surface area contributed by atoms with Crippen LogP contribution < -0.4 is 0 Å². The van der Waals surface area contributed by atoms with E-state index in [0.29, 0.717) is 18.2 Å². The molecule has 0 bridgehead atoms. The Hall–Kier alpha value is -1.42. The van der Waals surface area contributed by atoms with Gasteiger partial charge in [0.2, 0.25) is 5.91 Å². The molecule has 0 aliphatic carbocycles. The largest absolute Gasteiger partial charge is 0.468 e. The molecular weight excluding hydrogens is 246 g/mol. The Balaban J connectivity index is 2.07. The zero-order chi connectivity index (χ0) is 13.0. The molecule has 1 amide bonds. The minimum atomic E-state index is 0.0407. The molecule has 0 radical (unpaired) electrons. The molecule has 3 nitrogen and oxygen atoms in total. The maximum absolute atomic E-state index is 12.0. The molecule has 1 saturated heterocycles. The Bertz CT molecular complexity index is 433. The van der Waals surface area contributed by atoms with Gasteiger partial charge in [-0.3, -0.25) is 9.69 Å². The minimum absolute atomic E-state index is 0.0407. The first-order valence-corrected chi connectivity index (χ1v) is 6.66. The summed E-state index contributed by atoms with van der Waals surface area (Å²) in [7, 11) is 0. The summed E-state index contributed by atoms with van der Waals surface area (Å²) in [6.07, 6.45) is 2.14. The lowest BCUT2D eigenvalue weighted by Gasteiger charge is -2.21. The van der Waals surface area contributed by atoms with Gasteiger partial charge in [0, 0.05) is 6.42 Å². The number of benzene rings is 1. The van der Waals surface area contributed by atoms with Crippen molar-refractivity contribution in [3.8, 4) is 0 Å². The van der Waals surface area contributed by atoms with Crippen molar-refractivity contribution in [3.63, 3.8) is 0 Å². The number of carbonyl (C=O) groups is 1. The molecule has 0 N–H and O–H groups in total. The van der Waals surface area contributed by atoms with Crippen LogP contribution in [-0.4, -0.2) is 28.6 Å². The smallest absolute Gasteiger partial charge is 0.266 e. The molecule has 2 rings (SSSR count). The number of amides is 1. The van der Waals surface area contributed by atoms with Crippen LogP contribution in [0.1, 0.15) is 25.3 Å². The van der Waals surface area contributed by atoms with E-state index in [1.54, 1.807) is 4.90 Å². The van der Waals surface area contributed by atoms with Crippen LogP contribution in [0, 0.1) is 0 Å². The van der Waals surface area contributed by atoms with Crippen LogP contribution in [-0.2, 0) is 16.0 Å². The Morgan fingerprint density at radius 2 is 2.17 bits per heavy atom. The number of thiocarbonyl (C=S) groups is 1. The van der Waals surface area contributed by atoms with E-state index in [4.69, 9.17) is 17.0 Å². The molecule has 1 aliphatic heterocycles. The Morgan fingerprint density at radius 1 is 1.44 bits per heavy atom. The molecule has 0 aromatic heterocycles. The highest BCUT2D eigenvalue weighted by Gasteiger charge is 2.34. The second-order valence-electron chi connectivity index (χ2n) is 4.43. The zero-order valence-corrected chi connectivity index (χ0v) is 11.3. The van der Waals surface area contributed by atoms with Gasteiger partial charge in [0.15, 0.2) is 0 Å². The van der Waals surface area contributed by atoms with Gasteiger partial charge in [-0.25, -0.2) is 0 Å². The predicted octanol–water partition coefficient (Wildman–Crippen LogP) is 2.54. The van der Waals surface area contributed by atoms with Crippen LogP contribution in [0.3, 0.4) is 0 Å². The van der Waals surface area contributed by atoms with Crippen LogP contribution in [0.15, 0.2) is 30.3 Å². The quantitative estimate of drug-likeness (QED) is 0.782. The third kappa shape index (κ3) is 2.88. The lowest BCUT2D eigenvalue weighted by Crippen LogP contribution is -2.39. The summed E-state index contributed by atoms with van der Waals surface area (Å²) in [6.45, 7) is 2.49. The SMILES string of the molecule is CCCC(=O)N1C(=S)OC[C@@H]1Cc1ccccc1. The van der Waals surface area contributed by atoms with E-state index in [1.807, 2.05) is 25.1 Å². The van der Waals surface area contributed by atoms with E-state index < -0.39 is 0 Å². The van der Waals surface area contributed by atoms with Gasteiger partial charge in [0.05, 0.1) is 6.04 Å². The van der Waals surface area contributed by atoms with E-state index in [0.717, 1.165) is 12.8 Å². The van der Waals surface area contributed by atoms with Gasteiger partial charge < -0.3 is 4.74 Å². The molecule has 96 valence electrons. The van der Waals surface area contributed by atoms with Crippen molar-refractivity contribution < 1.29 is 9.53 Å². The fourth-order valence-electron chi connectivity index (χ4n) is 2.14. The number of hydrogen-bond acceptors (Lipinski definition) is 3. The molecule has 1 atom stereocenters. The first-order chi connectivity index (χ1) is 8.72. The van der Waals surface area contributed by atoms with E-state index in [9.17, 15) is 4.79 Å². The van der Waals surface area contributed by atoms with E-state index in [-0.39, 0.29) is 11.9 Å². The number of nitrogens with zero attached hydrogens (tertiary/aromatic N) is 1. The van der Waals surface area contributed by atoms with Crippen LogP contribution in [0.5, 0.6) is 0 Å². The second-order valence-corrected chi connectivity index (χ2v) is 4.78. The summed E-state index contributed by atoms with van der Waals surface area (Å²) in [5.74, 6) is 0.0703. The molecule has 0 saturated carbocycles. The molecule has 1 aliphatic rings. The molecule has 1 aromatic rings. The van der Waals surface area contributed by atoms with Crippen molar-refractivity contribution in [1.29, 1.82) is 0 Å². The maximum atomic E-state index is 12.0. The van der Waals surface area contributed by atoms with Gasteiger partial charge in [-0.2, -0.15) is 0 Å². The van der Waals surface area contributed by atoms with Gasteiger partial charge in [-0.05, 0) is 30.6 Å². The van der Waals surface area contributed by atoms with E-state index in [2.05, 4.69) is 12.1 Å². The van der Waals surface area contributed by atoms with Crippen LogP contribution in [0.25, 0.3) is 0 Å². The fourth-order valence-corrected chi connectivity index (χ4v) is 2.46. The van der Waals surface area contributed by atoms with Crippen molar-refractivity contribution in [2.24, 2.45) is 0 Å². The summed E-state index contributed by atoms with van der Waals surface area (Å²) in [5, 5.41) is 0.328. The minimum Gasteiger partial charge on any atom is -0.468 e. The summed E-state index contributed by atoms with van der Waals surface area (Å²) in [4.78, 5) is 13.7. The van der Waals surface area contributed by atoms with Crippen molar-refractivity contribution in [3.05, 3.63) is 35.9 Å². The summed E-state index contributed by atoms with van der Waals surface area (Å²) in [6, 6.07) is 10.1. The molecular formula is C14H17NO2S. The van der Waals surface area contributed by atoms with Gasteiger partial charge >= 0.3 is 0 Å². The predicted molar refractivity (Wildman–Crippen MR) is 74.2 cm³/mol. The molecule has 4 heteroatoms. The number of hydrogen-bond donors (Lipinski definition) is 0. The number of carbonyl (C=O) groups excluding carboxylic acids is 1. The average Bonchev–Trinajstić information content (AvgIpc) is 2.72. The van der Waals surface area contributed by atoms with Crippen LogP contribution in [0.2, 0.25) is 0 Å². The molecule has 0 spiro atoms. The van der Waals surface area contributed by atoms with Gasteiger partial charge in [0.1, 0.15) is 6.61 Å². The van der Waals surface area contributed by atoms with Crippen LogP contribution in [0.4, 0.5) is 0 Å². The normalized spacial score (nSPS) is 18.8. The van der Waals surface area contributed by atoms with Gasteiger partial charge in [-0.15, -0.1) is 0 Å². The van der Waals surface area contributed by atoms with Gasteiger partial charge in [-0.1, -0.05) is 37.3 Å². The fraction of sp³-hybridized carbons (Fsp3) is 0.429. The zero-order valence-electron chi connectivity index (χ0n) is 10.5. The summed E-state index contributed by atoms with van der Waals surface area (Å²) in [5.41, 5.74) is 1.20. The van der Waals surface area contributed by atoms with Crippen molar-refractivity contribution in [2.75, 3.05) is 6.61 Å². The topological polar surface area (TPSA) is 29.5 Å².